The standard InChI is InChI=1S/C15H15F4N3O3/c1-4-24-12(23)14(15(17,18)19)20-11(25-13(21-14)22(2)3)9-7-5-6-8-10(9)16/h5-8H,4H2,1-3H3/t14-/m0/s1. The fourth-order valence-electron chi connectivity index (χ4n) is 1.95. The number of carbonyl (C=O) groups excluding carboxylic acids is 1. The highest BCUT2D eigenvalue weighted by Crippen LogP contribution is 2.39. The molecule has 0 bridgehead atoms. The van der Waals surface area contributed by atoms with E-state index in [0.717, 1.165) is 11.0 Å². The molecule has 10 heteroatoms. The quantitative estimate of drug-likeness (QED) is 0.612. The van der Waals surface area contributed by atoms with Gasteiger partial charge in [-0.3, -0.25) is 0 Å². The van der Waals surface area contributed by atoms with Gasteiger partial charge in [-0.05, 0) is 19.1 Å². The molecular formula is C15H15F4N3O3. The summed E-state index contributed by atoms with van der Waals surface area (Å²) in [6.07, 6.45) is -5.22. The van der Waals surface area contributed by atoms with E-state index in [1.54, 1.807) is 0 Å². The van der Waals surface area contributed by atoms with Gasteiger partial charge >= 0.3 is 17.8 Å². The number of alkyl halides is 3. The molecule has 0 aromatic heterocycles. The molecule has 0 amide bonds. The third-order valence-electron chi connectivity index (χ3n) is 3.15. The van der Waals surface area contributed by atoms with E-state index in [0.29, 0.717) is 0 Å². The number of rotatable bonds is 3. The summed E-state index contributed by atoms with van der Waals surface area (Å²) < 4.78 is 64.8. The summed E-state index contributed by atoms with van der Waals surface area (Å²) in [5.41, 5.74) is -3.91. The zero-order chi connectivity index (χ0) is 18.8. The Bertz CT molecular complexity index is 731. The topological polar surface area (TPSA) is 63.5 Å². The summed E-state index contributed by atoms with van der Waals surface area (Å²) in [5.74, 6) is -3.30. The van der Waals surface area contributed by atoms with Crippen molar-refractivity contribution < 1.29 is 31.8 Å². The number of benzene rings is 1. The lowest BCUT2D eigenvalue weighted by molar-refractivity contribution is -0.204. The number of halogens is 4. The molecule has 2 rings (SSSR count). The van der Waals surface area contributed by atoms with Crippen LogP contribution < -0.4 is 0 Å². The maximum atomic E-state index is 14.0. The number of aliphatic imine (C=N–C) groups is 2. The van der Waals surface area contributed by atoms with E-state index >= 15 is 0 Å². The minimum absolute atomic E-state index is 0.311. The van der Waals surface area contributed by atoms with Gasteiger partial charge in [0.15, 0.2) is 0 Å². The third kappa shape index (κ3) is 3.42. The van der Waals surface area contributed by atoms with Crippen molar-refractivity contribution >= 4 is 17.9 Å². The first-order chi connectivity index (χ1) is 11.6. The second kappa shape index (κ2) is 6.69. The lowest BCUT2D eigenvalue weighted by atomic mass is 10.1. The van der Waals surface area contributed by atoms with Gasteiger partial charge in [-0.1, -0.05) is 12.1 Å². The van der Waals surface area contributed by atoms with E-state index < -0.39 is 35.5 Å². The molecule has 1 atom stereocenters. The van der Waals surface area contributed by atoms with E-state index in [1.807, 2.05) is 0 Å². The van der Waals surface area contributed by atoms with Crippen LogP contribution in [-0.4, -0.2) is 55.3 Å². The molecule has 6 nitrogen and oxygen atoms in total. The predicted octanol–water partition coefficient (Wildman–Crippen LogP) is 2.34. The van der Waals surface area contributed by atoms with Gasteiger partial charge in [0.1, 0.15) is 5.82 Å². The van der Waals surface area contributed by atoms with Crippen LogP contribution in [0, 0.1) is 5.82 Å². The molecule has 1 aliphatic heterocycles. The van der Waals surface area contributed by atoms with Gasteiger partial charge in [0.05, 0.1) is 12.2 Å². The number of ether oxygens (including phenoxy) is 2. The molecule has 25 heavy (non-hydrogen) atoms. The first kappa shape index (κ1) is 18.7. The Morgan fingerprint density at radius 2 is 1.92 bits per heavy atom. The van der Waals surface area contributed by atoms with Crippen molar-refractivity contribution in [3.05, 3.63) is 35.6 Å². The van der Waals surface area contributed by atoms with Crippen molar-refractivity contribution in [2.24, 2.45) is 9.98 Å². The van der Waals surface area contributed by atoms with Crippen molar-refractivity contribution in [3.8, 4) is 0 Å². The smallest absolute Gasteiger partial charge is 0.446 e. The summed E-state index contributed by atoms with van der Waals surface area (Å²) in [6.45, 7) is 1.04. The first-order valence-electron chi connectivity index (χ1n) is 7.16. The predicted molar refractivity (Wildman–Crippen MR) is 80.6 cm³/mol. The maximum absolute atomic E-state index is 14.0. The third-order valence-corrected chi connectivity index (χ3v) is 3.15. The van der Waals surface area contributed by atoms with E-state index in [4.69, 9.17) is 4.74 Å². The van der Waals surface area contributed by atoms with E-state index in [9.17, 15) is 22.4 Å². The van der Waals surface area contributed by atoms with E-state index in [1.165, 1.54) is 39.2 Å². The minimum Gasteiger partial charge on any atom is -0.462 e. The number of hydrogen-bond donors (Lipinski definition) is 0. The Hall–Kier alpha value is -2.65. The van der Waals surface area contributed by atoms with Crippen molar-refractivity contribution in [1.29, 1.82) is 0 Å². The van der Waals surface area contributed by atoms with Crippen molar-refractivity contribution in [2.75, 3.05) is 20.7 Å². The summed E-state index contributed by atoms with van der Waals surface area (Å²) in [6, 6.07) is 4.40. The van der Waals surface area contributed by atoms with Crippen LogP contribution in [0.1, 0.15) is 12.5 Å². The lowest BCUT2D eigenvalue weighted by Gasteiger charge is -2.32. The van der Waals surface area contributed by atoms with Crippen LogP contribution in [0.3, 0.4) is 0 Å². The highest BCUT2D eigenvalue weighted by Gasteiger charge is 2.65. The monoisotopic (exact) mass is 361 g/mol. The average Bonchev–Trinajstić information content (AvgIpc) is 2.53. The molecule has 0 N–H and O–H groups in total. The highest BCUT2D eigenvalue weighted by atomic mass is 19.4. The summed E-state index contributed by atoms with van der Waals surface area (Å²) in [5, 5.41) is 0. The first-order valence-corrected chi connectivity index (χ1v) is 7.16. The van der Waals surface area contributed by atoms with Crippen molar-refractivity contribution in [1.82, 2.24) is 4.90 Å². The van der Waals surface area contributed by atoms with Crippen LogP contribution in [0.4, 0.5) is 17.6 Å². The van der Waals surface area contributed by atoms with Gasteiger partial charge in [-0.2, -0.15) is 23.2 Å². The zero-order valence-corrected chi connectivity index (χ0v) is 13.6. The zero-order valence-electron chi connectivity index (χ0n) is 13.6. The van der Waals surface area contributed by atoms with Crippen molar-refractivity contribution in [2.45, 2.75) is 18.8 Å². The lowest BCUT2D eigenvalue weighted by Crippen LogP contribution is -2.54. The van der Waals surface area contributed by atoms with Crippen LogP contribution in [0.25, 0.3) is 0 Å². The van der Waals surface area contributed by atoms with Crippen LogP contribution >= 0.6 is 0 Å². The number of esters is 1. The largest absolute Gasteiger partial charge is 0.462 e. The molecular weight excluding hydrogens is 346 g/mol. The summed E-state index contributed by atoms with van der Waals surface area (Å²) >= 11 is 0. The molecule has 0 unspecified atom stereocenters. The number of amidine groups is 1. The van der Waals surface area contributed by atoms with Gasteiger partial charge in [-0.25, -0.2) is 9.18 Å². The fraction of sp³-hybridized carbons (Fsp3) is 0.400. The highest BCUT2D eigenvalue weighted by molar-refractivity contribution is 6.05. The number of nitrogens with zero attached hydrogens (tertiary/aromatic N) is 3. The van der Waals surface area contributed by atoms with Gasteiger partial charge in [0.2, 0.25) is 5.90 Å². The van der Waals surface area contributed by atoms with Crippen molar-refractivity contribution in [3.63, 3.8) is 0 Å². The molecule has 136 valence electrons. The summed E-state index contributed by atoms with van der Waals surface area (Å²) in [4.78, 5) is 19.8. The molecule has 0 saturated heterocycles. The maximum Gasteiger partial charge on any atom is 0.446 e. The molecule has 1 heterocycles. The molecule has 0 fully saturated rings. The Morgan fingerprint density at radius 1 is 1.28 bits per heavy atom. The SMILES string of the molecule is CCOC(=O)[C@]1(C(F)(F)F)N=C(c2ccccc2F)OC(N(C)C)=N1. The Kier molecular flexibility index (Phi) is 5.00. The van der Waals surface area contributed by atoms with Gasteiger partial charge in [0.25, 0.3) is 6.02 Å². The van der Waals surface area contributed by atoms with Crippen LogP contribution in [0.5, 0.6) is 0 Å². The number of hydrogen-bond acceptors (Lipinski definition) is 6. The second-order valence-electron chi connectivity index (χ2n) is 5.18. The van der Waals surface area contributed by atoms with Crippen LogP contribution in [0.2, 0.25) is 0 Å². The molecule has 0 spiro atoms. The second-order valence-corrected chi connectivity index (χ2v) is 5.18. The molecule has 0 saturated carbocycles. The average molecular weight is 361 g/mol. The minimum atomic E-state index is -5.22. The van der Waals surface area contributed by atoms with Crippen LogP contribution in [0.15, 0.2) is 34.3 Å². The summed E-state index contributed by atoms with van der Waals surface area (Å²) in [7, 11) is 2.71. The van der Waals surface area contributed by atoms with Gasteiger partial charge in [-0.15, -0.1) is 0 Å². The Balaban J connectivity index is 2.70. The Morgan fingerprint density at radius 3 is 2.44 bits per heavy atom. The van der Waals surface area contributed by atoms with Crippen LogP contribution in [-0.2, 0) is 14.3 Å². The van der Waals surface area contributed by atoms with E-state index in [2.05, 4.69) is 14.7 Å². The molecule has 1 aliphatic rings. The molecule has 1 aromatic carbocycles. The Labute approximate surface area is 140 Å². The molecule has 0 radical (unpaired) electrons. The van der Waals surface area contributed by atoms with Gasteiger partial charge < -0.3 is 14.4 Å². The van der Waals surface area contributed by atoms with E-state index in [-0.39, 0.29) is 12.2 Å². The molecule has 0 aliphatic carbocycles. The number of carbonyl (C=O) groups is 1. The fourth-order valence-corrected chi connectivity index (χ4v) is 1.95. The normalized spacial score (nSPS) is 20.3. The van der Waals surface area contributed by atoms with Gasteiger partial charge in [0, 0.05) is 14.1 Å². The molecule has 1 aromatic rings.